The maximum absolute atomic E-state index is 13.2. The van der Waals surface area contributed by atoms with Gasteiger partial charge in [-0.1, -0.05) is 0 Å². The van der Waals surface area contributed by atoms with Crippen LogP contribution in [-0.2, 0) is 10.0 Å². The van der Waals surface area contributed by atoms with E-state index in [-0.39, 0.29) is 10.9 Å². The van der Waals surface area contributed by atoms with Crippen LogP contribution in [0.25, 0.3) is 0 Å². The average molecular weight is 289 g/mol. The minimum absolute atomic E-state index is 0.0103. The highest BCUT2D eigenvalue weighted by molar-refractivity contribution is 7.99. The molecule has 1 unspecified atom stereocenters. The SMILES string of the molecule is Cc1cc(F)cc(C)c1S(=O)(=O)NC1CCSC1. The van der Waals surface area contributed by atoms with Crippen molar-refractivity contribution in [2.45, 2.75) is 31.2 Å². The first-order chi connectivity index (χ1) is 8.40. The number of benzene rings is 1. The summed E-state index contributed by atoms with van der Waals surface area (Å²) < 4.78 is 40.5. The zero-order chi connectivity index (χ0) is 13.3. The predicted octanol–water partition coefficient (Wildman–Crippen LogP) is 2.23. The van der Waals surface area contributed by atoms with Crippen LogP contribution in [0.5, 0.6) is 0 Å². The van der Waals surface area contributed by atoms with Crippen LogP contribution in [0, 0.1) is 19.7 Å². The summed E-state index contributed by atoms with van der Waals surface area (Å²) >= 11 is 1.74. The van der Waals surface area contributed by atoms with Gasteiger partial charge >= 0.3 is 0 Å². The normalized spacial score (nSPS) is 20.3. The number of rotatable bonds is 3. The van der Waals surface area contributed by atoms with Gasteiger partial charge in [-0.3, -0.25) is 0 Å². The first-order valence-corrected chi connectivity index (χ1v) is 8.41. The summed E-state index contributed by atoms with van der Waals surface area (Å²) in [5.74, 6) is 1.38. The van der Waals surface area contributed by atoms with Gasteiger partial charge in [0.1, 0.15) is 5.82 Å². The molecule has 0 bridgehead atoms. The third-order valence-corrected chi connectivity index (χ3v) is 5.93. The zero-order valence-corrected chi connectivity index (χ0v) is 12.0. The standard InChI is InChI=1S/C12H16FNO2S2/c1-8-5-10(13)6-9(2)12(8)18(15,16)14-11-3-4-17-7-11/h5-6,11,14H,3-4,7H2,1-2H3. The molecule has 1 N–H and O–H groups in total. The lowest BCUT2D eigenvalue weighted by Crippen LogP contribution is -2.35. The average Bonchev–Trinajstić information content (AvgIpc) is 2.66. The van der Waals surface area contributed by atoms with E-state index >= 15 is 0 Å². The van der Waals surface area contributed by atoms with Gasteiger partial charge in [0.05, 0.1) is 4.90 Å². The van der Waals surface area contributed by atoms with E-state index in [1.54, 1.807) is 25.6 Å². The van der Waals surface area contributed by atoms with Crippen molar-refractivity contribution in [1.82, 2.24) is 4.72 Å². The van der Waals surface area contributed by atoms with E-state index in [0.29, 0.717) is 11.1 Å². The quantitative estimate of drug-likeness (QED) is 0.928. The Morgan fingerprint density at radius 1 is 1.33 bits per heavy atom. The van der Waals surface area contributed by atoms with Crippen molar-refractivity contribution in [3.8, 4) is 0 Å². The van der Waals surface area contributed by atoms with Crippen molar-refractivity contribution in [2.75, 3.05) is 11.5 Å². The highest BCUT2D eigenvalue weighted by atomic mass is 32.2. The van der Waals surface area contributed by atoms with E-state index in [0.717, 1.165) is 17.9 Å². The first-order valence-electron chi connectivity index (χ1n) is 5.77. The van der Waals surface area contributed by atoms with Crippen LogP contribution < -0.4 is 4.72 Å². The predicted molar refractivity (Wildman–Crippen MR) is 71.9 cm³/mol. The number of thioether (sulfide) groups is 1. The Morgan fingerprint density at radius 2 is 1.94 bits per heavy atom. The summed E-state index contributed by atoms with van der Waals surface area (Å²) in [5, 5.41) is 0. The van der Waals surface area contributed by atoms with Gasteiger partial charge in [0.25, 0.3) is 0 Å². The highest BCUT2D eigenvalue weighted by Gasteiger charge is 2.26. The Hall–Kier alpha value is -0.590. The van der Waals surface area contributed by atoms with E-state index in [9.17, 15) is 12.8 Å². The number of aryl methyl sites for hydroxylation is 2. The van der Waals surface area contributed by atoms with Crippen molar-refractivity contribution in [2.24, 2.45) is 0 Å². The second-order valence-corrected chi connectivity index (χ2v) is 7.35. The van der Waals surface area contributed by atoms with Crippen LogP contribution in [0.15, 0.2) is 17.0 Å². The van der Waals surface area contributed by atoms with Gasteiger partial charge in [0.2, 0.25) is 10.0 Å². The summed E-state index contributed by atoms with van der Waals surface area (Å²) in [7, 11) is -3.55. The van der Waals surface area contributed by atoms with Crippen LogP contribution in [0.4, 0.5) is 4.39 Å². The number of hydrogen-bond donors (Lipinski definition) is 1. The largest absolute Gasteiger partial charge is 0.241 e. The van der Waals surface area contributed by atoms with Gasteiger partial charge in [-0.25, -0.2) is 17.5 Å². The molecule has 6 heteroatoms. The maximum Gasteiger partial charge on any atom is 0.241 e. The summed E-state index contributed by atoms with van der Waals surface area (Å²) in [6, 6.07) is 2.50. The molecule has 0 spiro atoms. The Bertz CT molecular complexity index is 528. The molecule has 1 fully saturated rings. The number of halogens is 1. The Morgan fingerprint density at radius 3 is 2.44 bits per heavy atom. The zero-order valence-electron chi connectivity index (χ0n) is 10.4. The monoisotopic (exact) mass is 289 g/mol. The topological polar surface area (TPSA) is 46.2 Å². The molecule has 0 aliphatic carbocycles. The summed E-state index contributed by atoms with van der Waals surface area (Å²) in [6.07, 6.45) is 0.850. The molecule has 1 aromatic carbocycles. The van der Waals surface area contributed by atoms with Crippen LogP contribution in [-0.4, -0.2) is 26.0 Å². The molecule has 1 saturated heterocycles. The molecule has 0 radical (unpaired) electrons. The molecule has 0 amide bonds. The van der Waals surface area contributed by atoms with Crippen molar-refractivity contribution in [3.63, 3.8) is 0 Å². The molecule has 1 atom stereocenters. The number of sulfonamides is 1. The number of hydrogen-bond acceptors (Lipinski definition) is 3. The fraction of sp³-hybridized carbons (Fsp3) is 0.500. The fourth-order valence-corrected chi connectivity index (χ4v) is 5.21. The molecule has 0 saturated carbocycles. The van der Waals surface area contributed by atoms with Gasteiger partial charge in [-0.15, -0.1) is 0 Å². The van der Waals surface area contributed by atoms with Crippen molar-refractivity contribution < 1.29 is 12.8 Å². The summed E-state index contributed by atoms with van der Waals surface area (Å²) in [5.41, 5.74) is 0.899. The molecule has 1 aliphatic heterocycles. The molecule has 100 valence electrons. The van der Waals surface area contributed by atoms with Gasteiger partial charge < -0.3 is 0 Å². The highest BCUT2D eigenvalue weighted by Crippen LogP contribution is 2.24. The van der Waals surface area contributed by atoms with Crippen LogP contribution in [0.3, 0.4) is 0 Å². The molecular formula is C12H16FNO2S2. The lowest BCUT2D eigenvalue weighted by molar-refractivity contribution is 0.561. The van der Waals surface area contributed by atoms with Crippen molar-refractivity contribution >= 4 is 21.8 Å². The number of nitrogens with one attached hydrogen (secondary N) is 1. The summed E-state index contributed by atoms with van der Waals surface area (Å²) in [6.45, 7) is 3.24. The molecule has 1 aromatic rings. The molecule has 1 heterocycles. The van der Waals surface area contributed by atoms with Crippen LogP contribution in [0.2, 0.25) is 0 Å². The molecule has 2 rings (SSSR count). The minimum atomic E-state index is -3.55. The van der Waals surface area contributed by atoms with Gasteiger partial charge in [0.15, 0.2) is 0 Å². The van der Waals surface area contributed by atoms with Crippen LogP contribution in [0.1, 0.15) is 17.5 Å². The van der Waals surface area contributed by atoms with Gasteiger partial charge in [0, 0.05) is 11.8 Å². The molecule has 3 nitrogen and oxygen atoms in total. The Labute approximate surface area is 111 Å². The van der Waals surface area contributed by atoms with E-state index in [4.69, 9.17) is 0 Å². The van der Waals surface area contributed by atoms with Crippen molar-refractivity contribution in [1.29, 1.82) is 0 Å². The van der Waals surface area contributed by atoms with Crippen LogP contribution >= 0.6 is 11.8 Å². The smallest absolute Gasteiger partial charge is 0.207 e. The molecule has 0 aromatic heterocycles. The molecule has 1 aliphatic rings. The van der Waals surface area contributed by atoms with E-state index in [1.807, 2.05) is 0 Å². The Balaban J connectivity index is 2.34. The lowest BCUT2D eigenvalue weighted by atomic mass is 10.1. The van der Waals surface area contributed by atoms with Crippen molar-refractivity contribution in [3.05, 3.63) is 29.1 Å². The first kappa shape index (κ1) is 13.8. The van der Waals surface area contributed by atoms with E-state index in [2.05, 4.69) is 4.72 Å². The molecular weight excluding hydrogens is 273 g/mol. The Kier molecular flexibility index (Phi) is 3.99. The molecule has 18 heavy (non-hydrogen) atoms. The third kappa shape index (κ3) is 2.87. The lowest BCUT2D eigenvalue weighted by Gasteiger charge is -2.15. The van der Waals surface area contributed by atoms with E-state index in [1.165, 1.54) is 12.1 Å². The second kappa shape index (κ2) is 5.19. The van der Waals surface area contributed by atoms with E-state index < -0.39 is 15.8 Å². The maximum atomic E-state index is 13.2. The van der Waals surface area contributed by atoms with Gasteiger partial charge in [-0.2, -0.15) is 11.8 Å². The fourth-order valence-electron chi connectivity index (χ4n) is 2.23. The summed E-state index contributed by atoms with van der Waals surface area (Å²) in [4.78, 5) is 0.209. The van der Waals surface area contributed by atoms with Gasteiger partial charge in [-0.05, 0) is 49.3 Å². The third-order valence-electron chi connectivity index (χ3n) is 2.95. The second-order valence-electron chi connectivity index (χ2n) is 4.55. The minimum Gasteiger partial charge on any atom is -0.207 e.